The molecule has 0 aromatic carbocycles. The Morgan fingerprint density at radius 1 is 1.18 bits per heavy atom. The van der Waals surface area contributed by atoms with Crippen molar-refractivity contribution >= 4 is 23.1 Å². The Morgan fingerprint density at radius 2 is 1.97 bits per heavy atom. The van der Waals surface area contributed by atoms with E-state index in [4.69, 9.17) is 26.6 Å². The Balaban J connectivity index is 1.69. The normalized spacial score (nSPS) is 15.2. The first-order valence-corrected chi connectivity index (χ1v) is 10.9. The zero-order valence-electron chi connectivity index (χ0n) is 19.1. The first-order chi connectivity index (χ1) is 15.8. The highest BCUT2D eigenvalue weighted by Crippen LogP contribution is 2.33. The van der Waals surface area contributed by atoms with Gasteiger partial charge in [0.2, 0.25) is 11.8 Å². The van der Waals surface area contributed by atoms with Crippen LogP contribution in [0.2, 0.25) is 0 Å². The van der Waals surface area contributed by atoms with Crippen LogP contribution < -0.4 is 11.5 Å². The van der Waals surface area contributed by atoms with Crippen molar-refractivity contribution in [3.63, 3.8) is 0 Å². The van der Waals surface area contributed by atoms with Crippen molar-refractivity contribution in [3.8, 4) is 22.9 Å². The van der Waals surface area contributed by atoms with E-state index >= 15 is 0 Å². The van der Waals surface area contributed by atoms with Gasteiger partial charge in [0, 0.05) is 49.4 Å². The summed E-state index contributed by atoms with van der Waals surface area (Å²) in [4.78, 5) is 17.9. The predicted octanol–water partition coefficient (Wildman–Crippen LogP) is 2.60. The molecule has 0 atom stereocenters. The van der Waals surface area contributed by atoms with E-state index in [0.717, 1.165) is 35.2 Å². The summed E-state index contributed by atoms with van der Waals surface area (Å²) in [5.74, 6) is 2.32. The largest absolute Gasteiger partial charge is 0.387 e. The highest BCUT2D eigenvalue weighted by atomic mass is 15.3. The summed E-state index contributed by atoms with van der Waals surface area (Å²) < 4.78 is 5.54. The maximum absolute atomic E-state index is 6.14. The molecule has 0 radical (unpaired) electrons. The number of fused-ring (bicyclic) bond motifs is 1. The van der Waals surface area contributed by atoms with Crippen LogP contribution in [0.15, 0.2) is 40.8 Å². The summed E-state index contributed by atoms with van der Waals surface area (Å²) in [6.07, 6.45) is 9.52. The van der Waals surface area contributed by atoms with Gasteiger partial charge in [0.1, 0.15) is 11.4 Å². The third-order valence-corrected chi connectivity index (χ3v) is 5.76. The van der Waals surface area contributed by atoms with Crippen LogP contribution in [0.1, 0.15) is 38.3 Å². The van der Waals surface area contributed by atoms with Gasteiger partial charge in [0.15, 0.2) is 11.6 Å². The average molecular weight is 446 g/mol. The first-order valence-electron chi connectivity index (χ1n) is 10.9. The second-order valence-corrected chi connectivity index (χ2v) is 8.64. The molecule has 0 saturated heterocycles. The zero-order chi connectivity index (χ0) is 23.3. The highest BCUT2D eigenvalue weighted by Gasteiger charge is 2.26. The van der Waals surface area contributed by atoms with Gasteiger partial charge in [0.25, 0.3) is 0 Å². The number of rotatable bonds is 5. The van der Waals surface area contributed by atoms with Crippen molar-refractivity contribution in [1.82, 2.24) is 33.9 Å². The van der Waals surface area contributed by atoms with Crippen molar-refractivity contribution in [2.75, 3.05) is 0 Å². The lowest BCUT2D eigenvalue weighted by molar-refractivity contribution is 0.534. The molecule has 5 rings (SSSR count). The van der Waals surface area contributed by atoms with Crippen molar-refractivity contribution in [2.45, 2.75) is 39.7 Å². The molecule has 0 aliphatic heterocycles. The molecule has 0 bridgehead atoms. The minimum absolute atomic E-state index is 0.0667. The third kappa shape index (κ3) is 3.86. The smallest absolute Gasteiger partial charge is 0.223 e. The lowest BCUT2D eigenvalue weighted by Gasteiger charge is -2.06. The molecule has 4 N–H and O–H groups in total. The van der Waals surface area contributed by atoms with Crippen LogP contribution in [0.3, 0.4) is 0 Å². The number of aromatic nitrogens is 7. The average Bonchev–Trinajstić information content (AvgIpc) is 3.18. The summed E-state index contributed by atoms with van der Waals surface area (Å²) in [6.45, 7) is 6.18. The summed E-state index contributed by atoms with van der Waals surface area (Å²) in [5, 5.41) is 9.43. The molecule has 1 fully saturated rings. The fraction of sp³-hybridized carbons (Fsp3) is 0.364. The van der Waals surface area contributed by atoms with Crippen LogP contribution in [0, 0.1) is 12.8 Å². The van der Waals surface area contributed by atoms with Gasteiger partial charge in [-0.05, 0) is 45.2 Å². The topological polar surface area (TPSA) is 143 Å². The third-order valence-electron chi connectivity index (χ3n) is 5.76. The summed E-state index contributed by atoms with van der Waals surface area (Å²) in [6, 6.07) is 2.26. The Labute approximate surface area is 190 Å². The minimum Gasteiger partial charge on any atom is -0.387 e. The maximum Gasteiger partial charge on any atom is 0.223 e. The maximum atomic E-state index is 6.14. The molecule has 170 valence electrons. The lowest BCUT2D eigenvalue weighted by atomic mass is 10.1. The molecule has 0 amide bonds. The van der Waals surface area contributed by atoms with E-state index in [1.54, 1.807) is 10.7 Å². The van der Waals surface area contributed by atoms with Crippen molar-refractivity contribution < 1.29 is 0 Å². The number of hydrogen-bond donors (Lipinski definition) is 2. The molecule has 11 heteroatoms. The van der Waals surface area contributed by atoms with E-state index in [2.05, 4.69) is 28.8 Å². The molecule has 33 heavy (non-hydrogen) atoms. The molecule has 0 spiro atoms. The second kappa shape index (κ2) is 7.84. The van der Waals surface area contributed by atoms with E-state index in [1.807, 2.05) is 47.9 Å². The fourth-order valence-electron chi connectivity index (χ4n) is 3.73. The van der Waals surface area contributed by atoms with Gasteiger partial charge in [-0.3, -0.25) is 4.68 Å². The van der Waals surface area contributed by atoms with Gasteiger partial charge in [-0.1, -0.05) is 0 Å². The minimum atomic E-state index is 0.0667. The molecule has 1 aliphatic rings. The van der Waals surface area contributed by atoms with Gasteiger partial charge in [-0.25, -0.2) is 19.5 Å². The Kier molecular flexibility index (Phi) is 4.95. The molecule has 4 aromatic rings. The fourth-order valence-corrected chi connectivity index (χ4v) is 3.73. The number of aliphatic imine (C=N–C) groups is 2. The summed E-state index contributed by atoms with van der Waals surface area (Å²) in [7, 11) is 1.89. The Bertz CT molecular complexity index is 1400. The van der Waals surface area contributed by atoms with E-state index in [9.17, 15) is 0 Å². The number of nitrogens with zero attached hydrogens (tertiary/aromatic N) is 9. The number of imidazole rings is 1. The van der Waals surface area contributed by atoms with Gasteiger partial charge >= 0.3 is 0 Å². The van der Waals surface area contributed by atoms with Crippen LogP contribution >= 0.6 is 0 Å². The van der Waals surface area contributed by atoms with Crippen LogP contribution in [0.25, 0.3) is 28.4 Å². The molecule has 4 heterocycles. The zero-order valence-corrected chi connectivity index (χ0v) is 19.1. The van der Waals surface area contributed by atoms with E-state index in [-0.39, 0.29) is 12.0 Å². The van der Waals surface area contributed by atoms with Crippen molar-refractivity contribution in [1.29, 1.82) is 0 Å². The monoisotopic (exact) mass is 445 g/mol. The van der Waals surface area contributed by atoms with Gasteiger partial charge in [-0.2, -0.15) is 10.1 Å². The lowest BCUT2D eigenvalue weighted by Crippen LogP contribution is -2.20. The first kappa shape index (κ1) is 20.9. The van der Waals surface area contributed by atoms with Gasteiger partial charge in [-0.15, -0.1) is 5.10 Å². The van der Waals surface area contributed by atoms with Gasteiger partial charge < -0.3 is 16.0 Å². The highest BCUT2D eigenvalue weighted by molar-refractivity contribution is 5.98. The molecule has 1 aliphatic carbocycles. The number of hydrogen-bond acceptors (Lipinski definition) is 5. The number of amidine groups is 1. The number of nitrogens with two attached hydrogens (primary N) is 2. The molecule has 1 saturated carbocycles. The van der Waals surface area contributed by atoms with Crippen LogP contribution in [-0.2, 0) is 7.05 Å². The second-order valence-electron chi connectivity index (χ2n) is 8.64. The standard InChI is InChI=1S/C22H27N11/c1-12(2)32-9-7-16(29-32)15-11-33-17(13(15)3)19(28-22(24)26-18(23)14-5-6-14)27-20(30-33)21-25-8-10-31(21)4/h7-12,14H,5-6H2,1-4H3,(H4,23,24,26,27,28,30). The molecule has 4 aromatic heterocycles. The van der Waals surface area contributed by atoms with Crippen LogP contribution in [0.5, 0.6) is 0 Å². The van der Waals surface area contributed by atoms with E-state index < -0.39 is 0 Å². The van der Waals surface area contributed by atoms with Gasteiger partial charge in [0.05, 0.1) is 5.69 Å². The SMILES string of the molecule is Cc1c(-c2ccn(C(C)C)n2)cn2nc(-c3nccn3C)nc(N=C(N)/N=C(\N)C3CC3)c12. The van der Waals surface area contributed by atoms with Crippen LogP contribution in [0.4, 0.5) is 5.82 Å². The van der Waals surface area contributed by atoms with Crippen LogP contribution in [-0.4, -0.2) is 45.7 Å². The molecular weight excluding hydrogens is 418 g/mol. The summed E-state index contributed by atoms with van der Waals surface area (Å²) in [5.41, 5.74) is 15.6. The van der Waals surface area contributed by atoms with Crippen molar-refractivity contribution in [2.24, 2.45) is 34.4 Å². The Hall–Kier alpha value is -4.02. The molecular formula is C22H27N11. The molecule has 11 nitrogen and oxygen atoms in total. The number of aryl methyl sites for hydroxylation is 2. The number of guanidine groups is 1. The molecule has 0 unspecified atom stereocenters. The van der Waals surface area contributed by atoms with E-state index in [1.165, 1.54) is 0 Å². The van der Waals surface area contributed by atoms with Crippen molar-refractivity contribution in [3.05, 3.63) is 36.4 Å². The predicted molar refractivity (Wildman–Crippen MR) is 127 cm³/mol. The quantitative estimate of drug-likeness (QED) is 0.357. The van der Waals surface area contributed by atoms with E-state index in [0.29, 0.717) is 29.2 Å². The summed E-state index contributed by atoms with van der Waals surface area (Å²) >= 11 is 0. The Morgan fingerprint density at radius 3 is 2.61 bits per heavy atom.